The minimum atomic E-state index is 0.579. The fourth-order valence-electron chi connectivity index (χ4n) is 1.94. The Morgan fingerprint density at radius 2 is 2.35 bits per heavy atom. The van der Waals surface area contributed by atoms with Crippen molar-refractivity contribution in [3.8, 4) is 0 Å². The number of hydrogen-bond donors (Lipinski definition) is 1. The third-order valence-corrected chi connectivity index (χ3v) is 2.96. The van der Waals surface area contributed by atoms with E-state index >= 15 is 0 Å². The van der Waals surface area contributed by atoms with Crippen molar-refractivity contribution in [3.05, 3.63) is 36.2 Å². The van der Waals surface area contributed by atoms with Gasteiger partial charge in [-0.15, -0.1) is 0 Å². The van der Waals surface area contributed by atoms with Gasteiger partial charge in [-0.3, -0.25) is 0 Å². The lowest BCUT2D eigenvalue weighted by Crippen LogP contribution is -2.34. The molecule has 1 saturated heterocycles. The van der Waals surface area contributed by atoms with E-state index < -0.39 is 0 Å². The van der Waals surface area contributed by atoms with E-state index in [-0.39, 0.29) is 0 Å². The second-order valence-electron chi connectivity index (χ2n) is 4.30. The summed E-state index contributed by atoms with van der Waals surface area (Å²) in [6.45, 7) is 7.47. The molecule has 0 unspecified atom stereocenters. The average molecular weight is 233 g/mol. The molecule has 1 aliphatic rings. The van der Waals surface area contributed by atoms with Gasteiger partial charge in [0.05, 0.1) is 13.2 Å². The van der Waals surface area contributed by atoms with Crippen LogP contribution in [0.3, 0.4) is 0 Å². The Morgan fingerprint density at radius 3 is 3.06 bits per heavy atom. The summed E-state index contributed by atoms with van der Waals surface area (Å²) in [5.41, 5.74) is 7.87. The van der Waals surface area contributed by atoms with Crippen molar-refractivity contribution in [3.63, 3.8) is 0 Å². The fourth-order valence-corrected chi connectivity index (χ4v) is 1.94. The van der Waals surface area contributed by atoms with Gasteiger partial charge in [0.1, 0.15) is 5.82 Å². The molecule has 92 valence electrons. The first-order valence-corrected chi connectivity index (χ1v) is 5.96. The van der Waals surface area contributed by atoms with Crippen molar-refractivity contribution in [2.75, 3.05) is 32.0 Å². The Labute approximate surface area is 102 Å². The van der Waals surface area contributed by atoms with Crippen molar-refractivity contribution in [2.24, 2.45) is 0 Å². The first kappa shape index (κ1) is 11.9. The smallest absolute Gasteiger partial charge is 0.123 e. The molecular weight excluding hydrogens is 214 g/mol. The molecule has 4 heteroatoms. The van der Waals surface area contributed by atoms with Crippen molar-refractivity contribution in [2.45, 2.75) is 12.8 Å². The van der Waals surface area contributed by atoms with E-state index in [2.05, 4.69) is 16.5 Å². The second kappa shape index (κ2) is 5.68. The Hall–Kier alpha value is -1.55. The first-order chi connectivity index (χ1) is 8.25. The molecule has 1 aromatic rings. The molecule has 0 amide bonds. The number of pyridine rings is 1. The summed E-state index contributed by atoms with van der Waals surface area (Å²) >= 11 is 0. The number of hydrogen-bond acceptors (Lipinski definition) is 4. The predicted molar refractivity (Wildman–Crippen MR) is 68.5 cm³/mol. The normalized spacial score (nSPS) is 16.2. The Balaban J connectivity index is 1.75. The summed E-state index contributed by atoms with van der Waals surface area (Å²) in [5.74, 6) is 0.579. The fraction of sp³-hybridized carbons (Fsp3) is 0.462. The van der Waals surface area contributed by atoms with Gasteiger partial charge in [0.2, 0.25) is 0 Å². The molecular formula is C13H19N3O. The molecule has 2 N–H and O–H groups in total. The lowest BCUT2D eigenvalue weighted by Gasteiger charge is -2.30. The Morgan fingerprint density at radius 1 is 1.47 bits per heavy atom. The zero-order valence-corrected chi connectivity index (χ0v) is 10.1. The highest BCUT2D eigenvalue weighted by molar-refractivity contribution is 5.29. The maximum Gasteiger partial charge on any atom is 0.123 e. The number of nitrogens with two attached hydrogens (primary N) is 1. The molecule has 17 heavy (non-hydrogen) atoms. The van der Waals surface area contributed by atoms with Gasteiger partial charge >= 0.3 is 0 Å². The van der Waals surface area contributed by atoms with Gasteiger partial charge in [0, 0.05) is 25.0 Å². The highest BCUT2D eigenvalue weighted by Crippen LogP contribution is 2.10. The molecule has 4 nitrogen and oxygen atoms in total. The van der Waals surface area contributed by atoms with Crippen LogP contribution in [0.1, 0.15) is 12.0 Å². The van der Waals surface area contributed by atoms with Crippen LogP contribution in [0.25, 0.3) is 0 Å². The monoisotopic (exact) mass is 233 g/mol. The maximum atomic E-state index is 5.55. The van der Waals surface area contributed by atoms with Gasteiger partial charge in [0.15, 0.2) is 0 Å². The molecule has 2 rings (SSSR count). The summed E-state index contributed by atoms with van der Waals surface area (Å²) in [7, 11) is 0. The van der Waals surface area contributed by atoms with Crippen LogP contribution >= 0.6 is 0 Å². The zero-order chi connectivity index (χ0) is 12.1. The van der Waals surface area contributed by atoms with E-state index in [4.69, 9.17) is 10.5 Å². The van der Waals surface area contributed by atoms with E-state index in [9.17, 15) is 0 Å². The number of aryl methyl sites for hydroxylation is 1. The Bertz CT molecular complexity index is 375. The van der Waals surface area contributed by atoms with Gasteiger partial charge in [-0.2, -0.15) is 0 Å². The lowest BCUT2D eigenvalue weighted by molar-refractivity contribution is 0.0735. The van der Waals surface area contributed by atoms with Gasteiger partial charge in [-0.1, -0.05) is 12.6 Å². The van der Waals surface area contributed by atoms with E-state index in [0.29, 0.717) is 12.4 Å². The van der Waals surface area contributed by atoms with Gasteiger partial charge in [-0.05, 0) is 24.5 Å². The molecule has 0 saturated carbocycles. The molecule has 0 aromatic carbocycles. The van der Waals surface area contributed by atoms with Gasteiger partial charge in [-0.25, -0.2) is 4.98 Å². The topological polar surface area (TPSA) is 51.4 Å². The van der Waals surface area contributed by atoms with Gasteiger partial charge in [0.25, 0.3) is 0 Å². The number of aromatic nitrogens is 1. The third-order valence-electron chi connectivity index (χ3n) is 2.96. The van der Waals surface area contributed by atoms with Crippen LogP contribution in [0.4, 0.5) is 5.82 Å². The molecule has 0 bridgehead atoms. The number of anilines is 1. The van der Waals surface area contributed by atoms with Crippen molar-refractivity contribution in [1.82, 2.24) is 9.88 Å². The van der Waals surface area contributed by atoms with Crippen LogP contribution in [0.2, 0.25) is 0 Å². The number of ether oxygens (including phenoxy) is 1. The van der Waals surface area contributed by atoms with E-state index in [1.807, 2.05) is 18.3 Å². The van der Waals surface area contributed by atoms with E-state index in [1.165, 1.54) is 5.56 Å². The van der Waals surface area contributed by atoms with Crippen LogP contribution in [0.15, 0.2) is 30.6 Å². The highest BCUT2D eigenvalue weighted by Gasteiger charge is 2.12. The Kier molecular flexibility index (Phi) is 3.98. The standard InChI is InChI=1S/C13H19N3O/c1-11-10-17-8-7-16(11)6-2-3-12-4-5-13(14)15-9-12/h4-5,9H,1-3,6-8,10H2,(H2,14,15). The summed E-state index contributed by atoms with van der Waals surface area (Å²) in [5, 5.41) is 0. The lowest BCUT2D eigenvalue weighted by atomic mass is 10.1. The van der Waals surface area contributed by atoms with Crippen LogP contribution in [0, 0.1) is 0 Å². The van der Waals surface area contributed by atoms with E-state index in [1.54, 1.807) is 0 Å². The summed E-state index contributed by atoms with van der Waals surface area (Å²) < 4.78 is 5.32. The van der Waals surface area contributed by atoms with Crippen molar-refractivity contribution < 1.29 is 4.74 Å². The van der Waals surface area contributed by atoms with Crippen molar-refractivity contribution in [1.29, 1.82) is 0 Å². The highest BCUT2D eigenvalue weighted by atomic mass is 16.5. The molecule has 1 aliphatic heterocycles. The zero-order valence-electron chi connectivity index (χ0n) is 10.1. The molecule has 0 aliphatic carbocycles. The van der Waals surface area contributed by atoms with Gasteiger partial charge < -0.3 is 15.4 Å². The number of nitrogen functional groups attached to an aromatic ring is 1. The predicted octanol–water partition coefficient (Wildman–Crippen LogP) is 1.44. The number of nitrogens with zero attached hydrogens (tertiary/aromatic N) is 2. The van der Waals surface area contributed by atoms with Crippen LogP contribution in [0.5, 0.6) is 0 Å². The summed E-state index contributed by atoms with van der Waals surface area (Å²) in [4.78, 5) is 6.39. The molecule has 0 radical (unpaired) electrons. The first-order valence-electron chi connectivity index (χ1n) is 5.96. The summed E-state index contributed by atoms with van der Waals surface area (Å²) in [6.07, 6.45) is 3.98. The third kappa shape index (κ3) is 3.46. The largest absolute Gasteiger partial charge is 0.384 e. The molecule has 1 aromatic heterocycles. The second-order valence-corrected chi connectivity index (χ2v) is 4.30. The SMILES string of the molecule is C=C1COCCN1CCCc1ccc(N)nc1. The maximum absolute atomic E-state index is 5.55. The quantitative estimate of drug-likeness (QED) is 0.855. The average Bonchev–Trinajstić information content (AvgIpc) is 2.34. The number of morpholine rings is 1. The van der Waals surface area contributed by atoms with E-state index in [0.717, 1.165) is 38.2 Å². The summed E-state index contributed by atoms with van der Waals surface area (Å²) in [6, 6.07) is 3.89. The molecule has 1 fully saturated rings. The molecule has 0 atom stereocenters. The van der Waals surface area contributed by atoms with Crippen LogP contribution in [-0.2, 0) is 11.2 Å². The van der Waals surface area contributed by atoms with Crippen LogP contribution < -0.4 is 5.73 Å². The molecule has 2 heterocycles. The van der Waals surface area contributed by atoms with Crippen LogP contribution in [-0.4, -0.2) is 36.2 Å². The minimum Gasteiger partial charge on any atom is -0.384 e. The molecule has 0 spiro atoms. The van der Waals surface area contributed by atoms with Crippen molar-refractivity contribution >= 4 is 5.82 Å². The number of rotatable bonds is 4. The minimum absolute atomic E-state index is 0.579.